The van der Waals surface area contributed by atoms with E-state index in [0.29, 0.717) is 6.04 Å². The van der Waals surface area contributed by atoms with Crippen LogP contribution in [0, 0.1) is 0 Å². The standard InChI is InChI=1S/C9H13N/c1-2-6-9-8(4-1)5-3-7-10-9/h3,5,7,9-10H,1-2,4,6H2. The summed E-state index contributed by atoms with van der Waals surface area (Å²) in [6.45, 7) is 0. The minimum Gasteiger partial charge on any atom is -0.384 e. The third-order valence-corrected chi connectivity index (χ3v) is 2.36. The minimum absolute atomic E-state index is 0.679. The number of rotatable bonds is 0. The molecular formula is C9H13N. The highest BCUT2D eigenvalue weighted by Crippen LogP contribution is 2.24. The quantitative estimate of drug-likeness (QED) is 0.535. The maximum atomic E-state index is 3.37. The Morgan fingerprint density at radius 1 is 1.40 bits per heavy atom. The van der Waals surface area contributed by atoms with Crippen LogP contribution in [-0.4, -0.2) is 6.04 Å². The van der Waals surface area contributed by atoms with Crippen molar-refractivity contribution in [1.82, 2.24) is 5.32 Å². The molecule has 1 atom stereocenters. The zero-order valence-electron chi connectivity index (χ0n) is 6.14. The van der Waals surface area contributed by atoms with Gasteiger partial charge in [-0.05, 0) is 37.1 Å². The Bertz CT molecular complexity index is 179. The lowest BCUT2D eigenvalue weighted by atomic mass is 9.89. The molecule has 0 spiro atoms. The molecule has 1 saturated carbocycles. The molecular weight excluding hydrogens is 122 g/mol. The first kappa shape index (κ1) is 6.02. The lowest BCUT2D eigenvalue weighted by Crippen LogP contribution is -2.30. The molecule has 0 radical (unpaired) electrons. The van der Waals surface area contributed by atoms with Crippen LogP contribution >= 0.6 is 0 Å². The molecule has 1 aliphatic carbocycles. The van der Waals surface area contributed by atoms with Crippen LogP contribution in [0.5, 0.6) is 0 Å². The van der Waals surface area contributed by atoms with Crippen molar-refractivity contribution in [2.75, 3.05) is 0 Å². The summed E-state index contributed by atoms with van der Waals surface area (Å²) in [6.07, 6.45) is 11.8. The molecule has 0 aromatic rings. The second-order valence-corrected chi connectivity index (χ2v) is 3.07. The molecule has 1 heterocycles. The molecule has 0 aromatic carbocycles. The molecule has 1 aliphatic heterocycles. The molecule has 0 amide bonds. The van der Waals surface area contributed by atoms with E-state index in [9.17, 15) is 0 Å². The number of nitrogens with one attached hydrogen (secondary N) is 1. The van der Waals surface area contributed by atoms with Crippen molar-refractivity contribution in [2.24, 2.45) is 0 Å². The average molecular weight is 135 g/mol. The first-order chi connectivity index (χ1) is 4.97. The summed E-state index contributed by atoms with van der Waals surface area (Å²) in [5.41, 5.74) is 1.61. The van der Waals surface area contributed by atoms with Crippen molar-refractivity contribution in [3.8, 4) is 0 Å². The SMILES string of the molecule is C1=CNC2CCCCC2=C1. The van der Waals surface area contributed by atoms with E-state index in [4.69, 9.17) is 0 Å². The van der Waals surface area contributed by atoms with Crippen LogP contribution in [0.1, 0.15) is 25.7 Å². The highest BCUT2D eigenvalue weighted by molar-refractivity contribution is 5.23. The summed E-state index contributed by atoms with van der Waals surface area (Å²) >= 11 is 0. The highest BCUT2D eigenvalue weighted by atomic mass is 14.9. The average Bonchev–Trinajstić information content (AvgIpc) is 2.05. The van der Waals surface area contributed by atoms with Gasteiger partial charge in [-0.15, -0.1) is 0 Å². The van der Waals surface area contributed by atoms with Gasteiger partial charge in [0.05, 0.1) is 0 Å². The van der Waals surface area contributed by atoms with Gasteiger partial charge in [0, 0.05) is 6.04 Å². The number of hydrogen-bond acceptors (Lipinski definition) is 1. The predicted molar refractivity (Wildman–Crippen MR) is 42.6 cm³/mol. The largest absolute Gasteiger partial charge is 0.384 e. The Balaban J connectivity index is 2.14. The van der Waals surface area contributed by atoms with E-state index in [-0.39, 0.29) is 0 Å². The normalized spacial score (nSPS) is 30.4. The summed E-state index contributed by atoms with van der Waals surface area (Å²) in [6, 6.07) is 0.679. The molecule has 1 unspecified atom stereocenters. The van der Waals surface area contributed by atoms with E-state index < -0.39 is 0 Å². The molecule has 1 nitrogen and oxygen atoms in total. The summed E-state index contributed by atoms with van der Waals surface area (Å²) in [4.78, 5) is 0. The minimum atomic E-state index is 0.679. The number of fused-ring (bicyclic) bond motifs is 1. The fourth-order valence-corrected chi connectivity index (χ4v) is 1.77. The van der Waals surface area contributed by atoms with Crippen LogP contribution in [0.25, 0.3) is 0 Å². The van der Waals surface area contributed by atoms with Crippen molar-refractivity contribution >= 4 is 0 Å². The van der Waals surface area contributed by atoms with Gasteiger partial charge in [0.1, 0.15) is 0 Å². The van der Waals surface area contributed by atoms with Gasteiger partial charge in [-0.2, -0.15) is 0 Å². The van der Waals surface area contributed by atoms with Gasteiger partial charge < -0.3 is 5.32 Å². The summed E-state index contributed by atoms with van der Waals surface area (Å²) < 4.78 is 0. The van der Waals surface area contributed by atoms with Crippen molar-refractivity contribution < 1.29 is 0 Å². The molecule has 54 valence electrons. The zero-order valence-corrected chi connectivity index (χ0v) is 6.14. The first-order valence-electron chi connectivity index (χ1n) is 4.08. The van der Waals surface area contributed by atoms with Gasteiger partial charge >= 0.3 is 0 Å². The Labute approximate surface area is 61.8 Å². The van der Waals surface area contributed by atoms with Gasteiger partial charge in [0.2, 0.25) is 0 Å². The molecule has 0 aromatic heterocycles. The predicted octanol–water partition coefficient (Wildman–Crippen LogP) is 1.97. The topological polar surface area (TPSA) is 12.0 Å². The second kappa shape index (κ2) is 2.49. The van der Waals surface area contributed by atoms with E-state index in [2.05, 4.69) is 23.7 Å². The molecule has 2 aliphatic rings. The zero-order chi connectivity index (χ0) is 6.81. The molecule has 1 N–H and O–H groups in total. The first-order valence-corrected chi connectivity index (χ1v) is 4.08. The number of hydrogen-bond donors (Lipinski definition) is 1. The fraction of sp³-hybridized carbons (Fsp3) is 0.556. The van der Waals surface area contributed by atoms with Crippen LogP contribution in [-0.2, 0) is 0 Å². The van der Waals surface area contributed by atoms with Crippen molar-refractivity contribution in [3.63, 3.8) is 0 Å². The maximum Gasteiger partial charge on any atom is 0.0471 e. The van der Waals surface area contributed by atoms with E-state index in [1.807, 2.05) is 0 Å². The van der Waals surface area contributed by atoms with E-state index in [0.717, 1.165) is 0 Å². The van der Waals surface area contributed by atoms with Gasteiger partial charge in [0.15, 0.2) is 0 Å². The van der Waals surface area contributed by atoms with Crippen LogP contribution in [0.3, 0.4) is 0 Å². The van der Waals surface area contributed by atoms with Crippen LogP contribution < -0.4 is 5.32 Å². The summed E-state index contributed by atoms with van der Waals surface area (Å²) in [5.74, 6) is 0. The van der Waals surface area contributed by atoms with Crippen LogP contribution in [0.4, 0.5) is 0 Å². The number of allylic oxidation sites excluding steroid dienone is 2. The molecule has 2 rings (SSSR count). The Kier molecular flexibility index (Phi) is 1.50. The molecule has 1 fully saturated rings. The fourth-order valence-electron chi connectivity index (χ4n) is 1.77. The Morgan fingerprint density at radius 3 is 3.30 bits per heavy atom. The molecule has 1 heteroatoms. The van der Waals surface area contributed by atoms with Gasteiger partial charge in [-0.25, -0.2) is 0 Å². The second-order valence-electron chi connectivity index (χ2n) is 3.07. The Hall–Kier alpha value is -0.720. The molecule has 10 heavy (non-hydrogen) atoms. The lowest BCUT2D eigenvalue weighted by Gasteiger charge is -2.27. The molecule has 0 bridgehead atoms. The van der Waals surface area contributed by atoms with Crippen LogP contribution in [0.2, 0.25) is 0 Å². The number of dihydropyridines is 1. The third kappa shape index (κ3) is 0.962. The van der Waals surface area contributed by atoms with E-state index in [1.54, 1.807) is 5.57 Å². The van der Waals surface area contributed by atoms with Gasteiger partial charge in [-0.3, -0.25) is 0 Å². The Morgan fingerprint density at radius 2 is 2.40 bits per heavy atom. The highest BCUT2D eigenvalue weighted by Gasteiger charge is 2.17. The summed E-state index contributed by atoms with van der Waals surface area (Å²) in [5, 5.41) is 3.37. The smallest absolute Gasteiger partial charge is 0.0471 e. The van der Waals surface area contributed by atoms with E-state index in [1.165, 1.54) is 25.7 Å². The van der Waals surface area contributed by atoms with Crippen molar-refractivity contribution in [1.29, 1.82) is 0 Å². The van der Waals surface area contributed by atoms with Gasteiger partial charge in [-0.1, -0.05) is 12.5 Å². The van der Waals surface area contributed by atoms with Crippen molar-refractivity contribution in [3.05, 3.63) is 23.9 Å². The maximum absolute atomic E-state index is 3.37. The molecule has 0 saturated heterocycles. The van der Waals surface area contributed by atoms with Crippen molar-refractivity contribution in [2.45, 2.75) is 31.7 Å². The van der Waals surface area contributed by atoms with E-state index >= 15 is 0 Å². The third-order valence-electron chi connectivity index (χ3n) is 2.36. The monoisotopic (exact) mass is 135 g/mol. The lowest BCUT2D eigenvalue weighted by molar-refractivity contribution is 0.490. The van der Waals surface area contributed by atoms with Gasteiger partial charge in [0.25, 0.3) is 0 Å². The van der Waals surface area contributed by atoms with Crippen LogP contribution in [0.15, 0.2) is 23.9 Å². The summed E-state index contributed by atoms with van der Waals surface area (Å²) in [7, 11) is 0.